The fourth-order valence-corrected chi connectivity index (χ4v) is 14.3. The maximum Gasteiger partial charge on any atom is 0.283 e. The largest absolute Gasteiger partial charge is 0.417 e. The minimum Gasteiger partial charge on any atom is -0.417 e. The molecule has 0 saturated carbocycles. The van der Waals surface area contributed by atoms with Crippen LogP contribution in [0.15, 0.2) is 78.2 Å². The molecule has 4 fully saturated rings. The Morgan fingerprint density at radius 1 is 0.718 bits per heavy atom. The Kier molecular flexibility index (Phi) is 19.4. The van der Waals surface area contributed by atoms with Crippen LogP contribution in [0.1, 0.15) is 139 Å². The number of ether oxygens (including phenoxy) is 8. The highest BCUT2D eigenvalue weighted by molar-refractivity contribution is 7.92. The minimum atomic E-state index is -3.92. The van der Waals surface area contributed by atoms with Gasteiger partial charge in [-0.2, -0.15) is 0 Å². The fraction of sp³-hybridized carbons (Fsp3) is 0.750. The molecule has 2 aromatic rings. The Morgan fingerprint density at radius 3 is 1.92 bits per heavy atom. The molecule has 15 heteroatoms. The molecular formula is C56H92O12SSi2. The zero-order chi connectivity index (χ0) is 52.1. The van der Waals surface area contributed by atoms with Crippen LogP contribution < -0.4 is 0 Å². The lowest BCUT2D eigenvalue weighted by atomic mass is 9.88. The van der Waals surface area contributed by atoms with Gasteiger partial charge in [0.1, 0.15) is 0 Å². The van der Waals surface area contributed by atoms with Crippen LogP contribution in [0.3, 0.4) is 0 Å². The van der Waals surface area contributed by atoms with Gasteiger partial charge in [-0.1, -0.05) is 96.1 Å². The first-order valence-corrected chi connectivity index (χ1v) is 33.9. The summed E-state index contributed by atoms with van der Waals surface area (Å²) in [5.74, 6) is -3.36. The number of rotatable bonds is 22. The molecule has 2 unspecified atom stereocenters. The average molecular weight is 1050 g/mol. The van der Waals surface area contributed by atoms with E-state index < -0.39 is 61.5 Å². The molecule has 0 bridgehead atoms. The fourth-order valence-electron chi connectivity index (χ4n) is 10.1. The van der Waals surface area contributed by atoms with E-state index in [1.807, 2.05) is 58.0 Å². The Hall–Kier alpha value is -1.84. The van der Waals surface area contributed by atoms with Crippen molar-refractivity contribution in [2.45, 2.75) is 247 Å². The quantitative estimate of drug-likeness (QED) is 0.0633. The normalized spacial score (nSPS) is 29.5. The molecule has 2 aromatic carbocycles. The van der Waals surface area contributed by atoms with E-state index >= 15 is 8.42 Å². The molecule has 0 radical (unpaired) electrons. The van der Waals surface area contributed by atoms with E-state index in [4.69, 9.17) is 46.7 Å². The van der Waals surface area contributed by atoms with Crippen molar-refractivity contribution in [1.82, 2.24) is 0 Å². The van der Waals surface area contributed by atoms with Crippen molar-refractivity contribution in [2.75, 3.05) is 19.8 Å². The van der Waals surface area contributed by atoms with Crippen LogP contribution >= 0.6 is 0 Å². The van der Waals surface area contributed by atoms with Crippen LogP contribution in [-0.4, -0.2) is 110 Å². The first-order chi connectivity index (χ1) is 33.0. The molecule has 1 spiro atoms. The van der Waals surface area contributed by atoms with Gasteiger partial charge in [-0.3, -0.25) is 0 Å². The average Bonchev–Trinajstić information content (AvgIpc) is 3.72. The van der Waals surface area contributed by atoms with Crippen LogP contribution in [0.5, 0.6) is 0 Å². The second-order valence-electron chi connectivity index (χ2n) is 24.6. The summed E-state index contributed by atoms with van der Waals surface area (Å²) < 4.78 is 96.9. The number of hydrogen-bond acceptors (Lipinski definition) is 12. The predicted molar refractivity (Wildman–Crippen MR) is 285 cm³/mol. The highest BCUT2D eigenvalue weighted by atomic mass is 32.2. The molecule has 4 aliphatic rings. The lowest BCUT2D eigenvalue weighted by Crippen LogP contribution is -2.55. The zero-order valence-corrected chi connectivity index (χ0v) is 48.8. The molecule has 0 N–H and O–H groups in total. The van der Waals surface area contributed by atoms with Gasteiger partial charge in [0, 0.05) is 38.4 Å². The molecule has 4 aliphatic heterocycles. The van der Waals surface area contributed by atoms with Gasteiger partial charge >= 0.3 is 0 Å². The first kappa shape index (κ1) is 58.4. The predicted octanol–water partition coefficient (Wildman–Crippen LogP) is 12.7. The van der Waals surface area contributed by atoms with Gasteiger partial charge in [0.2, 0.25) is 0 Å². The first-order valence-electron chi connectivity index (χ1n) is 26.6. The third-order valence-corrected chi connectivity index (χ3v) is 27.1. The molecule has 6 rings (SSSR count). The van der Waals surface area contributed by atoms with Crippen molar-refractivity contribution in [1.29, 1.82) is 0 Å². The summed E-state index contributed by atoms with van der Waals surface area (Å²) in [6, 6.07) is 19.0. The summed E-state index contributed by atoms with van der Waals surface area (Å²) >= 11 is 0. The van der Waals surface area contributed by atoms with Crippen LogP contribution in [0.2, 0.25) is 36.3 Å². The Bertz CT molecular complexity index is 2080. The Labute approximate surface area is 431 Å². The van der Waals surface area contributed by atoms with Crippen molar-refractivity contribution >= 4 is 26.5 Å². The van der Waals surface area contributed by atoms with Crippen molar-refractivity contribution in [3.8, 4) is 0 Å². The molecule has 4 heterocycles. The van der Waals surface area contributed by atoms with E-state index in [0.717, 1.165) is 31.2 Å². The summed E-state index contributed by atoms with van der Waals surface area (Å²) in [4.78, 5) is 0.265. The van der Waals surface area contributed by atoms with Gasteiger partial charge < -0.3 is 46.7 Å². The van der Waals surface area contributed by atoms with Gasteiger partial charge in [0.05, 0.1) is 66.1 Å². The molecule has 0 aliphatic carbocycles. The van der Waals surface area contributed by atoms with E-state index in [0.29, 0.717) is 52.1 Å². The molecule has 0 aromatic heterocycles. The lowest BCUT2D eigenvalue weighted by Gasteiger charge is -2.48. The molecule has 12 nitrogen and oxygen atoms in total. The number of benzene rings is 2. The van der Waals surface area contributed by atoms with Gasteiger partial charge in [0.25, 0.3) is 5.97 Å². The van der Waals surface area contributed by atoms with E-state index in [9.17, 15) is 0 Å². The van der Waals surface area contributed by atoms with Gasteiger partial charge in [-0.15, -0.1) is 6.58 Å². The van der Waals surface area contributed by atoms with Crippen LogP contribution in [0.25, 0.3) is 0 Å². The van der Waals surface area contributed by atoms with E-state index in [-0.39, 0.29) is 64.3 Å². The van der Waals surface area contributed by atoms with Gasteiger partial charge in [-0.05, 0) is 127 Å². The van der Waals surface area contributed by atoms with Crippen LogP contribution in [0, 0.1) is 5.92 Å². The second kappa shape index (κ2) is 23.6. The summed E-state index contributed by atoms with van der Waals surface area (Å²) in [5.41, 5.74) is 1.15. The van der Waals surface area contributed by atoms with Crippen LogP contribution in [-0.2, 0) is 63.2 Å². The van der Waals surface area contributed by atoms with Gasteiger partial charge in [-0.25, -0.2) is 8.42 Å². The summed E-state index contributed by atoms with van der Waals surface area (Å²) in [7, 11) is -8.32. The maximum absolute atomic E-state index is 15.1. The Morgan fingerprint density at radius 2 is 1.31 bits per heavy atom. The molecular weight excluding hydrogens is 953 g/mol. The van der Waals surface area contributed by atoms with E-state index in [2.05, 4.69) is 86.4 Å². The zero-order valence-electron chi connectivity index (χ0n) is 46.0. The molecule has 10 atom stereocenters. The number of sulfone groups is 1. The smallest absolute Gasteiger partial charge is 0.283 e. The van der Waals surface area contributed by atoms with Crippen molar-refractivity contribution in [3.05, 3.63) is 78.9 Å². The molecule has 402 valence electrons. The molecule has 4 saturated heterocycles. The topological polar surface area (TPSA) is 126 Å². The highest BCUT2D eigenvalue weighted by Crippen LogP contribution is 2.46. The summed E-state index contributed by atoms with van der Waals surface area (Å²) in [5, 5.41) is -0.902. The van der Waals surface area contributed by atoms with Crippen LogP contribution in [0.4, 0.5) is 0 Å². The maximum atomic E-state index is 15.1. The second-order valence-corrected chi connectivity index (χ2v) is 36.4. The monoisotopic (exact) mass is 1040 g/mol. The standard InChI is InChI=1S/C56H92O12SSi2/c1-16-47-48(31-35-61-70(12,13)52(2,3)4)66-56(32-23-33-60-56)67-50(47)39-46(69(57,58)45-26-21-18-22-27-45)37-44-38-51(65-55(10,11)64-44)49(68-71(14,15)53(5,6)7)29-28-42-36-43(63-54(8,9)62-42)30-34-59-40-41-24-19-17-20-25-41/h16-22,24-27,42-44,46-51H,1,23,28-40H2,2-15H3/t42-,43+,44-,46?,47+,48+,49+,50+,51-,56?/m1/s1. The third-order valence-electron chi connectivity index (χ3n) is 15.9. The lowest BCUT2D eigenvalue weighted by molar-refractivity contribution is -0.426. The Balaban J connectivity index is 1.24. The van der Waals surface area contributed by atoms with Crippen molar-refractivity contribution in [3.63, 3.8) is 0 Å². The van der Waals surface area contributed by atoms with E-state index in [1.54, 1.807) is 24.3 Å². The molecule has 0 amide bonds. The van der Waals surface area contributed by atoms with Crippen molar-refractivity contribution in [2.24, 2.45) is 5.92 Å². The number of hydrogen-bond donors (Lipinski definition) is 0. The summed E-state index contributed by atoms with van der Waals surface area (Å²) in [6.45, 7) is 36.8. The molecule has 71 heavy (non-hydrogen) atoms. The van der Waals surface area contributed by atoms with Crippen molar-refractivity contribution < 1.29 is 55.2 Å². The third kappa shape index (κ3) is 15.9. The summed E-state index contributed by atoms with van der Waals surface area (Å²) in [6.07, 6.45) is 5.40. The highest BCUT2D eigenvalue weighted by Gasteiger charge is 2.53. The minimum absolute atomic E-state index is 0.0215. The van der Waals surface area contributed by atoms with Gasteiger partial charge in [0.15, 0.2) is 38.0 Å². The van der Waals surface area contributed by atoms with E-state index in [1.165, 1.54) is 0 Å². The SMILES string of the molecule is C=C[C@H]1[C@H](CCO[Si](C)(C)C(C)(C)C)OC2(CCCO2)O[C@H]1CC(C[C@@H]1C[C@H]([C@H](CC[C@@H]2C[C@H](CCOCc3ccccc3)OC(C)(C)O2)O[Si](C)(C)C(C)(C)C)OC(C)(C)O1)S(=O)(=O)c1ccccc1.